The van der Waals surface area contributed by atoms with E-state index in [1.807, 2.05) is 111 Å². The van der Waals surface area contributed by atoms with Crippen LogP contribution >= 0.6 is 0 Å². The number of phenols is 12. The van der Waals surface area contributed by atoms with Gasteiger partial charge in [0.05, 0.1) is 0 Å². The molecule has 12 N–H and O–H groups in total. The lowest BCUT2D eigenvalue weighted by atomic mass is 9.74. The highest BCUT2D eigenvalue weighted by molar-refractivity contribution is 5.74. The number of benzene rings is 8. The first kappa shape index (κ1) is 69.4. The number of aromatic hydroxyl groups is 12. The Morgan fingerprint density at radius 3 is 0.400 bits per heavy atom. The van der Waals surface area contributed by atoms with Gasteiger partial charge in [-0.1, -0.05) is 232 Å². The van der Waals surface area contributed by atoms with Crippen molar-refractivity contribution in [1.82, 2.24) is 0 Å². The van der Waals surface area contributed by atoms with Gasteiger partial charge in [-0.25, -0.2) is 0 Å². The van der Waals surface area contributed by atoms with Gasteiger partial charge in [0.2, 0.25) is 23.0 Å². The van der Waals surface area contributed by atoms with E-state index in [-0.39, 0.29) is 44.5 Å². The first-order chi connectivity index (χ1) is 38.8. The number of hydrogen-bond donors (Lipinski definition) is 12. The summed E-state index contributed by atoms with van der Waals surface area (Å²) in [5, 5.41) is 142. The molecule has 8 bridgehead atoms. The van der Waals surface area contributed by atoms with Crippen LogP contribution in [0.15, 0.2) is 146 Å². The highest BCUT2D eigenvalue weighted by Crippen LogP contribution is 2.59. The normalized spacial score (nSPS) is 14.1. The molecule has 8 aromatic carbocycles. The topological polar surface area (TPSA) is 243 Å². The Balaban J connectivity index is 0.00000184. The molecule has 12 heteroatoms. The van der Waals surface area contributed by atoms with E-state index in [0.717, 1.165) is 0 Å². The van der Waals surface area contributed by atoms with Crippen molar-refractivity contribution in [3.8, 4) is 69.0 Å². The maximum absolute atomic E-state index is 11.9. The number of phenolic OH excluding ortho intramolecular Hbond substituents is 12. The summed E-state index contributed by atoms with van der Waals surface area (Å²) in [7, 11) is 0. The Bertz CT molecular complexity index is 2560. The number of hydrogen-bond acceptors (Lipinski definition) is 12. The lowest BCUT2D eigenvalue weighted by molar-refractivity contribution is 0.353. The fourth-order valence-electron chi connectivity index (χ4n) is 9.21. The maximum atomic E-state index is 11.9. The van der Waals surface area contributed by atoms with E-state index in [0.29, 0.717) is 22.3 Å². The van der Waals surface area contributed by atoms with E-state index in [4.69, 9.17) is 0 Å². The van der Waals surface area contributed by atoms with Gasteiger partial charge in [0, 0.05) is 68.2 Å². The van der Waals surface area contributed by atoms with Crippen LogP contribution in [0, 0.1) is 0 Å². The molecule has 80 heavy (non-hydrogen) atoms. The molecule has 0 aliphatic heterocycles. The smallest absolute Gasteiger partial charge is 0.200 e. The van der Waals surface area contributed by atoms with Crippen molar-refractivity contribution in [3.05, 3.63) is 212 Å². The second-order valence-corrected chi connectivity index (χ2v) is 15.8. The summed E-state index contributed by atoms with van der Waals surface area (Å²) in [6, 6.07) is 38.8. The second kappa shape index (κ2) is 34.3. The lowest BCUT2D eigenvalue weighted by Crippen LogP contribution is -2.13. The van der Waals surface area contributed by atoms with Crippen LogP contribution in [-0.4, -0.2) is 61.3 Å². The van der Waals surface area contributed by atoms with Gasteiger partial charge in [-0.3, -0.25) is 0 Å². The molecule has 8 aromatic rings. The first-order valence-corrected chi connectivity index (χ1v) is 28.1. The molecule has 0 radical (unpaired) electrons. The van der Waals surface area contributed by atoms with Crippen LogP contribution in [0.5, 0.6) is 69.0 Å². The zero-order valence-electron chi connectivity index (χ0n) is 49.5. The SMILES string of the molecule is CC.CC.CC.CC.CC.CC.CC.CC.Oc1c2cc(c(O)c1O)C(c1ccccc1)c1cc(c(O)c(O)c1O)C(c1ccccc1)c1cc(c(O)c(O)c1O)C(c1ccccc1)c1cc(c(O)c(O)c1O)C2c1ccccc1. The fourth-order valence-corrected chi connectivity index (χ4v) is 9.21. The Hall–Kier alpha value is -8.64. The van der Waals surface area contributed by atoms with Gasteiger partial charge in [-0.15, -0.1) is 0 Å². The maximum Gasteiger partial charge on any atom is 0.200 e. The largest absolute Gasteiger partial charge is 0.504 e. The lowest BCUT2D eigenvalue weighted by Gasteiger charge is -2.30. The summed E-state index contributed by atoms with van der Waals surface area (Å²) in [5.41, 5.74) is 0.419. The summed E-state index contributed by atoms with van der Waals surface area (Å²) in [4.78, 5) is 0. The summed E-state index contributed by atoms with van der Waals surface area (Å²) in [6.07, 6.45) is 0. The molecule has 0 atom stereocenters. The predicted molar refractivity (Wildman–Crippen MR) is 326 cm³/mol. The van der Waals surface area contributed by atoms with Gasteiger partial charge in [-0.05, 0) is 46.5 Å². The number of fused-ring (bicyclic) bond motifs is 8. The van der Waals surface area contributed by atoms with Crippen LogP contribution in [0.3, 0.4) is 0 Å². The molecule has 9 rings (SSSR count). The summed E-state index contributed by atoms with van der Waals surface area (Å²) >= 11 is 0. The van der Waals surface area contributed by atoms with Gasteiger partial charge in [0.15, 0.2) is 46.0 Å². The predicted octanol–water partition coefficient (Wildman–Crippen LogP) is 17.4. The van der Waals surface area contributed by atoms with Crippen LogP contribution in [0.1, 0.15) is 201 Å². The third kappa shape index (κ3) is 14.1. The van der Waals surface area contributed by atoms with Gasteiger partial charge in [0.1, 0.15) is 0 Å². The summed E-state index contributed by atoms with van der Waals surface area (Å²) in [6.45, 7) is 32.0. The molecule has 432 valence electrons. The highest BCUT2D eigenvalue weighted by atomic mass is 16.3. The summed E-state index contributed by atoms with van der Waals surface area (Å²) in [5.74, 6) is -15.9. The molecule has 1 aliphatic rings. The van der Waals surface area contributed by atoms with Crippen molar-refractivity contribution in [3.63, 3.8) is 0 Å². The number of rotatable bonds is 4. The molecule has 0 heterocycles. The monoisotopic (exact) mass is 1100 g/mol. The van der Waals surface area contributed by atoms with Gasteiger partial charge in [0.25, 0.3) is 0 Å². The Morgan fingerprint density at radius 1 is 0.175 bits per heavy atom. The molecule has 0 saturated carbocycles. The minimum Gasteiger partial charge on any atom is -0.504 e. The standard InChI is InChI=1S/C52H40O12.8C2H6/c53-41-29-21-31(43(55)49(41)61)38(26-15-7-2-8-16-26)33-23-35(47(59)51(63)45(33)57)40(28-19-11-4-12-20-28)36-24-34(46(58)52(64)48(36)60)39(27-17-9-3-10-18-27)32-22-30(42(54)50(62)44(32)56)37(29)25-13-5-1-6-14-25;8*1-2/h1-24,37-40,53-64H;8*1-2H3. The Morgan fingerprint density at radius 2 is 0.287 bits per heavy atom. The van der Waals surface area contributed by atoms with Crippen LogP contribution < -0.4 is 0 Å². The van der Waals surface area contributed by atoms with Crippen LogP contribution in [0.2, 0.25) is 0 Å². The van der Waals surface area contributed by atoms with Crippen LogP contribution in [0.4, 0.5) is 0 Å². The quantitative estimate of drug-likeness (QED) is 0.0737. The minimum absolute atomic E-state index is 0.135. The molecular weight excluding hydrogens is 1010 g/mol. The average molecular weight is 1100 g/mol. The van der Waals surface area contributed by atoms with Gasteiger partial charge in [-0.2, -0.15) is 0 Å². The first-order valence-electron chi connectivity index (χ1n) is 28.1. The van der Waals surface area contributed by atoms with E-state index in [1.54, 1.807) is 121 Å². The van der Waals surface area contributed by atoms with Gasteiger partial charge >= 0.3 is 0 Å². The molecule has 0 unspecified atom stereocenters. The Labute approximate surface area is 475 Å². The Kier molecular flexibility index (Phi) is 29.7. The summed E-state index contributed by atoms with van der Waals surface area (Å²) < 4.78 is 0. The van der Waals surface area contributed by atoms with Crippen molar-refractivity contribution < 1.29 is 61.3 Å². The molecular formula is C68H88O12. The van der Waals surface area contributed by atoms with E-state index in [2.05, 4.69) is 0 Å². The third-order valence-electron chi connectivity index (χ3n) is 12.2. The van der Waals surface area contributed by atoms with E-state index >= 15 is 0 Å². The zero-order chi connectivity index (χ0) is 61.1. The van der Waals surface area contributed by atoms with E-state index in [1.165, 1.54) is 24.3 Å². The molecule has 0 aromatic heterocycles. The molecule has 0 amide bonds. The van der Waals surface area contributed by atoms with E-state index in [9.17, 15) is 61.3 Å². The highest BCUT2D eigenvalue weighted by Gasteiger charge is 2.39. The zero-order valence-corrected chi connectivity index (χ0v) is 49.5. The fraction of sp³-hybridized carbons (Fsp3) is 0.294. The molecule has 1 aliphatic carbocycles. The van der Waals surface area contributed by atoms with Crippen LogP contribution in [0.25, 0.3) is 0 Å². The van der Waals surface area contributed by atoms with Crippen LogP contribution in [-0.2, 0) is 0 Å². The van der Waals surface area contributed by atoms with Crippen molar-refractivity contribution >= 4 is 0 Å². The minimum atomic E-state index is -1.32. The average Bonchev–Trinajstić information content (AvgIpc) is 3.56. The van der Waals surface area contributed by atoms with Crippen molar-refractivity contribution in [2.24, 2.45) is 0 Å². The second-order valence-electron chi connectivity index (χ2n) is 15.8. The van der Waals surface area contributed by atoms with Crippen molar-refractivity contribution in [1.29, 1.82) is 0 Å². The van der Waals surface area contributed by atoms with Gasteiger partial charge < -0.3 is 61.3 Å². The van der Waals surface area contributed by atoms with Crippen molar-refractivity contribution in [2.75, 3.05) is 0 Å². The van der Waals surface area contributed by atoms with Crippen molar-refractivity contribution in [2.45, 2.75) is 134 Å². The molecule has 0 spiro atoms. The third-order valence-corrected chi connectivity index (χ3v) is 12.2. The molecule has 0 fully saturated rings. The molecule has 12 nitrogen and oxygen atoms in total. The van der Waals surface area contributed by atoms with E-state index < -0.39 is 92.7 Å². The molecule has 0 saturated heterocycles.